The van der Waals surface area contributed by atoms with Crippen LogP contribution in [0.1, 0.15) is 51.1 Å². The molecular weight excluding hydrogens is 262 g/mol. The van der Waals surface area contributed by atoms with Crippen LogP contribution >= 0.6 is 0 Å². The summed E-state index contributed by atoms with van der Waals surface area (Å²) in [5.41, 5.74) is 1.24. The average Bonchev–Trinajstić information content (AvgIpc) is 2.51. The summed E-state index contributed by atoms with van der Waals surface area (Å²) in [6.07, 6.45) is 4.81. The Balaban J connectivity index is 2.00. The van der Waals surface area contributed by atoms with Gasteiger partial charge in [0.1, 0.15) is 17.1 Å². The van der Waals surface area contributed by atoms with Gasteiger partial charge in [0.15, 0.2) is 0 Å². The molecule has 1 saturated carbocycles. The average molecular weight is 289 g/mol. The van der Waals surface area contributed by atoms with Gasteiger partial charge in [0.2, 0.25) is 0 Å². The van der Waals surface area contributed by atoms with E-state index >= 15 is 0 Å². The van der Waals surface area contributed by atoms with Crippen LogP contribution in [0.2, 0.25) is 0 Å². The van der Waals surface area contributed by atoms with Crippen molar-refractivity contribution in [2.75, 3.05) is 14.2 Å². The Hall–Kier alpha value is -1.22. The minimum absolute atomic E-state index is 0.0231. The first-order valence-electron chi connectivity index (χ1n) is 8.14. The molecule has 0 radical (unpaired) electrons. The molecule has 0 amide bonds. The van der Waals surface area contributed by atoms with Gasteiger partial charge in [-0.25, -0.2) is 0 Å². The Morgan fingerprint density at radius 1 is 1.33 bits per heavy atom. The van der Waals surface area contributed by atoms with Crippen molar-refractivity contribution in [2.45, 2.75) is 51.2 Å². The molecule has 0 bridgehead atoms. The van der Waals surface area contributed by atoms with Gasteiger partial charge in [-0.2, -0.15) is 0 Å². The Labute approximate surface area is 128 Å². The van der Waals surface area contributed by atoms with Gasteiger partial charge in [-0.15, -0.1) is 0 Å². The van der Waals surface area contributed by atoms with Crippen LogP contribution in [0.3, 0.4) is 0 Å². The Bertz CT molecular complexity index is 516. The maximum Gasteiger partial charge on any atom is 0.128 e. The van der Waals surface area contributed by atoms with Gasteiger partial charge >= 0.3 is 0 Å². The minimum Gasteiger partial charge on any atom is -0.497 e. The maximum absolute atomic E-state index is 6.60. The number of hydrogen-bond acceptors (Lipinski definition) is 3. The molecule has 0 saturated heterocycles. The van der Waals surface area contributed by atoms with E-state index in [9.17, 15) is 0 Å². The molecule has 1 fully saturated rings. The molecule has 2 aliphatic rings. The van der Waals surface area contributed by atoms with Crippen LogP contribution in [0.5, 0.6) is 11.5 Å². The lowest BCUT2D eigenvalue weighted by Crippen LogP contribution is -2.52. The number of nitrogens with one attached hydrogen (secondary N) is 1. The monoisotopic (exact) mass is 289 g/mol. The van der Waals surface area contributed by atoms with Crippen molar-refractivity contribution in [3.63, 3.8) is 0 Å². The van der Waals surface area contributed by atoms with Gasteiger partial charge in [-0.05, 0) is 37.8 Å². The van der Waals surface area contributed by atoms with Crippen molar-refractivity contribution < 1.29 is 9.47 Å². The van der Waals surface area contributed by atoms with Crippen LogP contribution in [0.25, 0.3) is 0 Å². The number of benzene rings is 1. The van der Waals surface area contributed by atoms with E-state index in [0.717, 1.165) is 30.3 Å². The normalized spacial score (nSPS) is 35.1. The zero-order valence-electron chi connectivity index (χ0n) is 13.6. The van der Waals surface area contributed by atoms with E-state index in [1.54, 1.807) is 7.11 Å². The second kappa shape index (κ2) is 5.53. The molecule has 4 atom stereocenters. The number of methoxy groups -OCH3 is 1. The van der Waals surface area contributed by atoms with Gasteiger partial charge in [0.25, 0.3) is 0 Å². The fraction of sp³-hybridized carbons (Fsp3) is 0.667. The zero-order chi connectivity index (χ0) is 15.0. The van der Waals surface area contributed by atoms with E-state index in [2.05, 4.69) is 32.3 Å². The molecule has 1 N–H and O–H groups in total. The smallest absolute Gasteiger partial charge is 0.128 e. The molecule has 116 valence electrons. The molecule has 1 heterocycles. The van der Waals surface area contributed by atoms with Crippen molar-refractivity contribution >= 4 is 0 Å². The largest absolute Gasteiger partial charge is 0.497 e. The second-order valence-corrected chi connectivity index (χ2v) is 6.77. The third-order valence-corrected chi connectivity index (χ3v) is 5.75. The molecule has 4 unspecified atom stereocenters. The van der Waals surface area contributed by atoms with E-state index in [1.165, 1.54) is 18.4 Å². The second-order valence-electron chi connectivity index (χ2n) is 6.77. The zero-order valence-corrected chi connectivity index (χ0v) is 13.6. The highest BCUT2D eigenvalue weighted by Crippen LogP contribution is 2.50. The van der Waals surface area contributed by atoms with E-state index in [1.807, 2.05) is 12.1 Å². The molecule has 1 aliphatic carbocycles. The molecule has 1 aromatic carbocycles. The summed E-state index contributed by atoms with van der Waals surface area (Å²) in [6, 6.07) is 6.58. The molecule has 3 nitrogen and oxygen atoms in total. The van der Waals surface area contributed by atoms with Crippen molar-refractivity contribution in [3.8, 4) is 11.5 Å². The van der Waals surface area contributed by atoms with E-state index in [4.69, 9.17) is 9.47 Å². The van der Waals surface area contributed by atoms with E-state index in [0.29, 0.717) is 12.0 Å². The molecule has 1 aliphatic heterocycles. The lowest BCUT2D eigenvalue weighted by atomic mass is 9.66. The molecule has 1 aromatic rings. The van der Waals surface area contributed by atoms with Crippen molar-refractivity contribution in [1.29, 1.82) is 0 Å². The molecule has 1 spiro atoms. The Morgan fingerprint density at radius 3 is 2.86 bits per heavy atom. The van der Waals surface area contributed by atoms with Gasteiger partial charge < -0.3 is 14.8 Å². The summed E-state index contributed by atoms with van der Waals surface area (Å²) in [4.78, 5) is 0. The first-order chi connectivity index (χ1) is 10.1. The van der Waals surface area contributed by atoms with Crippen molar-refractivity contribution in [3.05, 3.63) is 23.8 Å². The maximum atomic E-state index is 6.60. The number of hydrogen-bond donors (Lipinski definition) is 1. The van der Waals surface area contributed by atoms with Crippen LogP contribution in [0.15, 0.2) is 18.2 Å². The summed E-state index contributed by atoms with van der Waals surface area (Å²) in [7, 11) is 3.76. The summed E-state index contributed by atoms with van der Waals surface area (Å²) in [5.74, 6) is 3.18. The highest BCUT2D eigenvalue weighted by atomic mass is 16.5. The van der Waals surface area contributed by atoms with E-state index in [-0.39, 0.29) is 5.60 Å². The lowest BCUT2D eigenvalue weighted by Gasteiger charge is -2.50. The Morgan fingerprint density at radius 2 is 2.14 bits per heavy atom. The SMILES string of the molecule is CNC1CC2(CCCC(C)C2C)Oc2cc(OC)ccc21. The van der Waals surface area contributed by atoms with Crippen molar-refractivity contribution in [1.82, 2.24) is 5.32 Å². The summed E-state index contributed by atoms with van der Waals surface area (Å²) in [5, 5.41) is 3.48. The number of rotatable bonds is 2. The number of ether oxygens (including phenoxy) is 2. The van der Waals surface area contributed by atoms with Crippen LogP contribution in [-0.4, -0.2) is 19.8 Å². The summed E-state index contributed by atoms with van der Waals surface area (Å²) in [6.45, 7) is 4.73. The molecule has 0 aromatic heterocycles. The molecule has 21 heavy (non-hydrogen) atoms. The first-order valence-corrected chi connectivity index (χ1v) is 8.14. The highest BCUT2D eigenvalue weighted by molar-refractivity contribution is 5.44. The first kappa shape index (κ1) is 14.7. The van der Waals surface area contributed by atoms with Gasteiger partial charge in [0.05, 0.1) is 7.11 Å². The van der Waals surface area contributed by atoms with Gasteiger partial charge in [-0.1, -0.05) is 26.3 Å². The number of fused-ring (bicyclic) bond motifs is 1. The molecular formula is C18H27NO2. The predicted molar refractivity (Wildman–Crippen MR) is 84.9 cm³/mol. The quantitative estimate of drug-likeness (QED) is 0.894. The fourth-order valence-corrected chi connectivity index (χ4v) is 4.14. The summed E-state index contributed by atoms with van der Waals surface area (Å²) < 4.78 is 12.0. The minimum atomic E-state index is -0.0231. The molecule has 3 rings (SSSR count). The van der Waals surface area contributed by atoms with Crippen molar-refractivity contribution in [2.24, 2.45) is 11.8 Å². The van der Waals surface area contributed by atoms with Gasteiger partial charge in [0, 0.05) is 24.1 Å². The van der Waals surface area contributed by atoms with Crippen LogP contribution < -0.4 is 14.8 Å². The van der Waals surface area contributed by atoms with Crippen LogP contribution in [-0.2, 0) is 0 Å². The standard InChI is InChI=1S/C18H27NO2/c1-12-6-5-9-18(13(12)2)11-16(19-3)15-8-7-14(20-4)10-17(15)21-18/h7-8,10,12-13,16,19H,5-6,9,11H2,1-4H3. The Kier molecular flexibility index (Phi) is 3.87. The summed E-state index contributed by atoms with van der Waals surface area (Å²) >= 11 is 0. The lowest BCUT2D eigenvalue weighted by molar-refractivity contribution is -0.0641. The third kappa shape index (κ3) is 2.42. The molecule has 3 heteroatoms. The predicted octanol–water partition coefficient (Wildman–Crippen LogP) is 3.93. The highest BCUT2D eigenvalue weighted by Gasteiger charge is 2.48. The fourth-order valence-electron chi connectivity index (χ4n) is 4.14. The van der Waals surface area contributed by atoms with Crippen LogP contribution in [0, 0.1) is 11.8 Å². The van der Waals surface area contributed by atoms with Gasteiger partial charge in [-0.3, -0.25) is 0 Å². The topological polar surface area (TPSA) is 30.5 Å². The van der Waals surface area contributed by atoms with Crippen LogP contribution in [0.4, 0.5) is 0 Å². The van der Waals surface area contributed by atoms with E-state index < -0.39 is 0 Å². The third-order valence-electron chi connectivity index (χ3n) is 5.75.